The fraction of sp³-hybridized carbons (Fsp3) is 0.346. The molecule has 0 saturated heterocycles. The number of amides is 1. The van der Waals surface area contributed by atoms with E-state index in [9.17, 15) is 4.79 Å². The van der Waals surface area contributed by atoms with E-state index in [1.165, 1.54) is 10.9 Å². The molecule has 0 radical (unpaired) electrons. The Morgan fingerprint density at radius 3 is 2.69 bits per heavy atom. The van der Waals surface area contributed by atoms with Gasteiger partial charge in [0.2, 0.25) is 5.91 Å². The van der Waals surface area contributed by atoms with Gasteiger partial charge in [-0.15, -0.1) is 0 Å². The van der Waals surface area contributed by atoms with E-state index in [0.717, 1.165) is 42.6 Å². The van der Waals surface area contributed by atoms with Crippen LogP contribution in [0.25, 0.3) is 17.0 Å². The molecule has 2 heterocycles. The third-order valence-corrected chi connectivity index (χ3v) is 6.00. The van der Waals surface area contributed by atoms with Crippen molar-refractivity contribution in [2.45, 2.75) is 19.3 Å². The van der Waals surface area contributed by atoms with Gasteiger partial charge in [-0.3, -0.25) is 4.79 Å². The Kier molecular flexibility index (Phi) is 6.81. The largest absolute Gasteiger partial charge is 0.493 e. The molecule has 168 valence electrons. The lowest BCUT2D eigenvalue weighted by atomic mass is 10.0. The molecule has 0 saturated carbocycles. The first-order valence-corrected chi connectivity index (χ1v) is 10.9. The molecule has 0 fully saturated rings. The third-order valence-electron chi connectivity index (χ3n) is 6.00. The quantitative estimate of drug-likeness (QED) is 0.501. The van der Waals surface area contributed by atoms with Crippen molar-refractivity contribution in [1.29, 1.82) is 0 Å². The van der Waals surface area contributed by atoms with E-state index in [0.29, 0.717) is 24.5 Å². The summed E-state index contributed by atoms with van der Waals surface area (Å²) in [5.74, 6) is 1.41. The van der Waals surface area contributed by atoms with Gasteiger partial charge in [0.25, 0.3) is 0 Å². The van der Waals surface area contributed by atoms with Crippen molar-refractivity contribution < 1.29 is 18.7 Å². The summed E-state index contributed by atoms with van der Waals surface area (Å²) < 4.78 is 16.4. The zero-order valence-corrected chi connectivity index (χ0v) is 19.0. The van der Waals surface area contributed by atoms with Crippen molar-refractivity contribution in [3.63, 3.8) is 0 Å². The summed E-state index contributed by atoms with van der Waals surface area (Å²) in [4.78, 5) is 16.9. The fourth-order valence-corrected chi connectivity index (χ4v) is 4.12. The SMILES string of the molecule is COc1cc2c(cc1OC)CC(=O)N(CCCN(C)CCc1coc3ccccc13)C=C2. The van der Waals surface area contributed by atoms with E-state index < -0.39 is 0 Å². The van der Waals surface area contributed by atoms with Crippen LogP contribution in [0.3, 0.4) is 0 Å². The van der Waals surface area contributed by atoms with Crippen LogP contribution in [0, 0.1) is 0 Å². The van der Waals surface area contributed by atoms with Crippen LogP contribution in [0.2, 0.25) is 0 Å². The zero-order valence-electron chi connectivity index (χ0n) is 19.0. The first-order valence-electron chi connectivity index (χ1n) is 10.9. The molecule has 1 aliphatic heterocycles. The number of fused-ring (bicyclic) bond motifs is 2. The third kappa shape index (κ3) is 4.81. The van der Waals surface area contributed by atoms with Crippen LogP contribution in [0.5, 0.6) is 11.5 Å². The van der Waals surface area contributed by atoms with Crippen LogP contribution in [-0.4, -0.2) is 56.6 Å². The highest BCUT2D eigenvalue weighted by Crippen LogP contribution is 2.32. The summed E-state index contributed by atoms with van der Waals surface area (Å²) in [6.45, 7) is 2.55. The van der Waals surface area contributed by atoms with Gasteiger partial charge in [-0.1, -0.05) is 18.2 Å². The molecule has 4 rings (SSSR count). The van der Waals surface area contributed by atoms with Crippen molar-refractivity contribution in [3.8, 4) is 11.5 Å². The molecular formula is C26H30N2O4. The number of ether oxygens (including phenoxy) is 2. The molecule has 2 aromatic carbocycles. The number of hydrogen-bond acceptors (Lipinski definition) is 5. The molecule has 6 heteroatoms. The van der Waals surface area contributed by atoms with Crippen molar-refractivity contribution in [2.75, 3.05) is 40.9 Å². The van der Waals surface area contributed by atoms with Gasteiger partial charge in [-0.25, -0.2) is 0 Å². The Morgan fingerprint density at radius 1 is 1.09 bits per heavy atom. The van der Waals surface area contributed by atoms with Crippen molar-refractivity contribution in [2.24, 2.45) is 0 Å². The van der Waals surface area contributed by atoms with Gasteiger partial charge in [0.05, 0.1) is 26.9 Å². The highest BCUT2D eigenvalue weighted by Gasteiger charge is 2.19. The number of carbonyl (C=O) groups is 1. The van der Waals surface area contributed by atoms with E-state index >= 15 is 0 Å². The normalized spacial score (nSPS) is 13.5. The second-order valence-corrected chi connectivity index (χ2v) is 8.15. The average molecular weight is 435 g/mol. The molecule has 32 heavy (non-hydrogen) atoms. The standard InChI is InChI=1S/C26H30N2O4/c1-27(13-9-20-18-32-23-8-5-4-7-22(20)23)11-6-12-28-14-10-19-15-24(30-2)25(31-3)16-21(19)17-26(28)29/h4-5,7-8,10,14-16,18H,6,9,11-13,17H2,1-3H3. The predicted octanol–water partition coefficient (Wildman–Crippen LogP) is 4.37. The van der Waals surface area contributed by atoms with Crippen LogP contribution < -0.4 is 9.47 Å². The molecular weight excluding hydrogens is 404 g/mol. The Labute approximate surface area is 189 Å². The monoisotopic (exact) mass is 434 g/mol. The smallest absolute Gasteiger partial charge is 0.230 e. The van der Waals surface area contributed by atoms with Gasteiger partial charge >= 0.3 is 0 Å². The summed E-state index contributed by atoms with van der Waals surface area (Å²) in [7, 11) is 5.35. The van der Waals surface area contributed by atoms with E-state index in [4.69, 9.17) is 13.9 Å². The number of carbonyl (C=O) groups excluding carboxylic acids is 1. The van der Waals surface area contributed by atoms with Crippen molar-refractivity contribution in [1.82, 2.24) is 9.80 Å². The number of benzene rings is 2. The minimum atomic E-state index is 0.0970. The molecule has 0 aliphatic carbocycles. The summed E-state index contributed by atoms with van der Waals surface area (Å²) in [5.41, 5.74) is 4.12. The van der Waals surface area contributed by atoms with Gasteiger partial charge in [-0.05, 0) is 67.4 Å². The lowest BCUT2D eigenvalue weighted by Crippen LogP contribution is -2.30. The molecule has 1 aliphatic rings. The first kappa shape index (κ1) is 22.0. The number of rotatable bonds is 9. The second kappa shape index (κ2) is 9.92. The van der Waals surface area contributed by atoms with Crippen LogP contribution in [0.1, 0.15) is 23.1 Å². The maximum Gasteiger partial charge on any atom is 0.230 e. The average Bonchev–Trinajstić information content (AvgIpc) is 3.16. The molecule has 3 aromatic rings. The number of hydrogen-bond donors (Lipinski definition) is 0. The van der Waals surface area contributed by atoms with Crippen LogP contribution in [0.4, 0.5) is 0 Å². The first-order chi connectivity index (χ1) is 15.6. The van der Waals surface area contributed by atoms with Crippen molar-refractivity contribution >= 4 is 23.0 Å². The minimum absolute atomic E-state index is 0.0970. The van der Waals surface area contributed by atoms with Crippen LogP contribution >= 0.6 is 0 Å². The topological polar surface area (TPSA) is 55.2 Å². The fourth-order valence-electron chi connectivity index (χ4n) is 4.12. The Bertz CT molecular complexity index is 1120. The van der Waals surface area contributed by atoms with Gasteiger partial charge in [-0.2, -0.15) is 0 Å². The van der Waals surface area contributed by atoms with E-state index in [-0.39, 0.29) is 5.91 Å². The van der Waals surface area contributed by atoms with E-state index in [2.05, 4.69) is 18.0 Å². The van der Waals surface area contributed by atoms with Gasteiger partial charge in [0.1, 0.15) is 5.58 Å². The highest BCUT2D eigenvalue weighted by atomic mass is 16.5. The molecule has 0 spiro atoms. The Hall–Kier alpha value is -3.25. The Morgan fingerprint density at radius 2 is 1.88 bits per heavy atom. The number of furan rings is 1. The molecule has 0 bridgehead atoms. The summed E-state index contributed by atoms with van der Waals surface area (Å²) in [6.07, 6.45) is 7.93. The van der Waals surface area contributed by atoms with Crippen molar-refractivity contribution in [3.05, 3.63) is 65.6 Å². The number of para-hydroxylation sites is 1. The maximum atomic E-state index is 12.8. The molecule has 6 nitrogen and oxygen atoms in total. The molecule has 1 amide bonds. The summed E-state index contributed by atoms with van der Waals surface area (Å²) in [6, 6.07) is 12.0. The Balaban J connectivity index is 1.29. The maximum absolute atomic E-state index is 12.8. The van der Waals surface area contributed by atoms with Crippen LogP contribution in [-0.2, 0) is 17.6 Å². The zero-order chi connectivity index (χ0) is 22.5. The number of likely N-dealkylation sites (N-methyl/N-ethyl adjacent to an activating group) is 1. The highest BCUT2D eigenvalue weighted by molar-refractivity contribution is 5.84. The molecule has 0 unspecified atom stereocenters. The second-order valence-electron chi connectivity index (χ2n) is 8.15. The van der Waals surface area contributed by atoms with Gasteiger partial charge in [0.15, 0.2) is 11.5 Å². The summed E-state index contributed by atoms with van der Waals surface area (Å²) >= 11 is 0. The molecule has 1 aromatic heterocycles. The van der Waals surface area contributed by atoms with E-state index in [1.807, 2.05) is 53.8 Å². The van der Waals surface area contributed by atoms with E-state index in [1.54, 1.807) is 14.2 Å². The van der Waals surface area contributed by atoms with Crippen LogP contribution in [0.15, 0.2) is 53.3 Å². The lowest BCUT2D eigenvalue weighted by molar-refractivity contribution is -0.127. The minimum Gasteiger partial charge on any atom is -0.493 e. The van der Waals surface area contributed by atoms with Gasteiger partial charge < -0.3 is 23.7 Å². The van der Waals surface area contributed by atoms with Gasteiger partial charge in [0, 0.05) is 24.7 Å². The number of methoxy groups -OCH3 is 2. The lowest BCUT2D eigenvalue weighted by Gasteiger charge is -2.20. The number of nitrogens with zero attached hydrogens (tertiary/aromatic N) is 2. The molecule has 0 N–H and O–H groups in total. The predicted molar refractivity (Wildman–Crippen MR) is 126 cm³/mol. The summed E-state index contributed by atoms with van der Waals surface area (Å²) in [5, 5.41) is 1.19. The molecule has 0 atom stereocenters.